The SMILES string of the molecule is O=C1c2cccc(Oc3ccccc3)c2C(=O)C2C3CCC(C3)C12. The highest BCUT2D eigenvalue weighted by Crippen LogP contribution is 2.57. The molecule has 2 fully saturated rings. The Balaban J connectivity index is 1.61. The number of carbonyl (C=O) groups excluding carboxylic acids is 2. The minimum atomic E-state index is -0.121. The second kappa shape index (κ2) is 5.04. The second-order valence-corrected chi connectivity index (χ2v) is 7.21. The molecule has 3 heteroatoms. The molecule has 2 saturated carbocycles. The molecular weight excluding hydrogens is 300 g/mol. The average molecular weight is 318 g/mol. The number of hydrogen-bond acceptors (Lipinski definition) is 3. The Morgan fingerprint density at radius 3 is 2.25 bits per heavy atom. The maximum absolute atomic E-state index is 13.2. The number of rotatable bonds is 2. The Labute approximate surface area is 140 Å². The molecule has 0 aromatic heterocycles. The summed E-state index contributed by atoms with van der Waals surface area (Å²) in [7, 11) is 0. The van der Waals surface area contributed by atoms with Crippen molar-refractivity contribution < 1.29 is 14.3 Å². The smallest absolute Gasteiger partial charge is 0.171 e. The van der Waals surface area contributed by atoms with Crippen molar-refractivity contribution >= 4 is 11.6 Å². The van der Waals surface area contributed by atoms with Crippen LogP contribution in [0.5, 0.6) is 11.5 Å². The van der Waals surface area contributed by atoms with Gasteiger partial charge in [0.2, 0.25) is 0 Å². The summed E-state index contributed by atoms with van der Waals surface area (Å²) in [5.74, 6) is 2.05. The van der Waals surface area contributed by atoms with Crippen LogP contribution in [0, 0.1) is 23.7 Å². The van der Waals surface area contributed by atoms with Crippen LogP contribution >= 0.6 is 0 Å². The predicted octanol–water partition coefficient (Wildman–Crippen LogP) is 4.52. The largest absolute Gasteiger partial charge is 0.457 e. The van der Waals surface area contributed by atoms with E-state index in [-0.39, 0.29) is 23.4 Å². The molecule has 4 atom stereocenters. The minimum Gasteiger partial charge on any atom is -0.457 e. The number of fused-ring (bicyclic) bond motifs is 6. The van der Waals surface area contributed by atoms with E-state index in [2.05, 4.69) is 0 Å². The number of ketones is 2. The summed E-state index contributed by atoms with van der Waals surface area (Å²) < 4.78 is 5.95. The molecule has 2 aromatic carbocycles. The van der Waals surface area contributed by atoms with Crippen LogP contribution in [0.1, 0.15) is 40.0 Å². The summed E-state index contributed by atoms with van der Waals surface area (Å²) in [5, 5.41) is 0. The normalized spacial score (nSPS) is 30.2. The van der Waals surface area contributed by atoms with E-state index in [0.29, 0.717) is 34.5 Å². The number of benzene rings is 2. The fourth-order valence-electron chi connectivity index (χ4n) is 5.08. The van der Waals surface area contributed by atoms with E-state index in [1.54, 1.807) is 12.1 Å². The predicted molar refractivity (Wildman–Crippen MR) is 89.4 cm³/mol. The first-order chi connectivity index (χ1) is 11.7. The van der Waals surface area contributed by atoms with Crippen molar-refractivity contribution in [1.82, 2.24) is 0 Å². The number of carbonyl (C=O) groups is 2. The number of ether oxygens (including phenoxy) is 1. The van der Waals surface area contributed by atoms with Crippen LogP contribution < -0.4 is 4.74 Å². The first kappa shape index (κ1) is 14.0. The third-order valence-electron chi connectivity index (χ3n) is 6.03. The Kier molecular flexibility index (Phi) is 2.93. The molecule has 24 heavy (non-hydrogen) atoms. The zero-order valence-electron chi connectivity index (χ0n) is 13.3. The Hall–Kier alpha value is -2.42. The summed E-state index contributed by atoms with van der Waals surface area (Å²) in [6, 6.07) is 14.8. The lowest BCUT2D eigenvalue weighted by Crippen LogP contribution is -2.40. The van der Waals surface area contributed by atoms with Crippen molar-refractivity contribution in [3.63, 3.8) is 0 Å². The van der Waals surface area contributed by atoms with Gasteiger partial charge in [0.05, 0.1) is 5.56 Å². The summed E-state index contributed by atoms with van der Waals surface area (Å²) in [6.45, 7) is 0. The van der Waals surface area contributed by atoms with Crippen LogP contribution in [-0.2, 0) is 0 Å². The first-order valence-electron chi connectivity index (χ1n) is 8.68. The van der Waals surface area contributed by atoms with Gasteiger partial charge in [0.15, 0.2) is 11.6 Å². The van der Waals surface area contributed by atoms with E-state index in [1.807, 2.05) is 36.4 Å². The standard InChI is InChI=1S/C21H18O3/c22-20-15-7-4-8-16(24-14-5-2-1-3-6-14)19(15)21(23)18-13-10-9-12(11-13)17(18)20/h1-8,12-13,17-18H,9-11H2. The molecule has 2 bridgehead atoms. The van der Waals surface area contributed by atoms with Crippen LogP contribution in [0.15, 0.2) is 48.5 Å². The van der Waals surface area contributed by atoms with Gasteiger partial charge in [-0.25, -0.2) is 0 Å². The van der Waals surface area contributed by atoms with Gasteiger partial charge in [0.25, 0.3) is 0 Å². The molecule has 3 aliphatic carbocycles. The van der Waals surface area contributed by atoms with Gasteiger partial charge in [-0.2, -0.15) is 0 Å². The van der Waals surface area contributed by atoms with Gasteiger partial charge >= 0.3 is 0 Å². The van der Waals surface area contributed by atoms with Gasteiger partial charge in [0.1, 0.15) is 11.5 Å². The van der Waals surface area contributed by atoms with E-state index in [0.717, 1.165) is 19.3 Å². The van der Waals surface area contributed by atoms with Crippen molar-refractivity contribution in [2.24, 2.45) is 23.7 Å². The van der Waals surface area contributed by atoms with E-state index in [1.165, 1.54) is 0 Å². The second-order valence-electron chi connectivity index (χ2n) is 7.21. The molecule has 3 nitrogen and oxygen atoms in total. The topological polar surface area (TPSA) is 43.4 Å². The van der Waals surface area contributed by atoms with E-state index in [4.69, 9.17) is 4.74 Å². The highest BCUT2D eigenvalue weighted by molar-refractivity contribution is 6.18. The molecule has 0 radical (unpaired) electrons. The van der Waals surface area contributed by atoms with Crippen molar-refractivity contribution in [2.75, 3.05) is 0 Å². The molecule has 0 aliphatic heterocycles. The summed E-state index contributed by atoms with van der Waals surface area (Å²) in [6.07, 6.45) is 3.22. The van der Waals surface area contributed by atoms with Crippen LogP contribution in [0.25, 0.3) is 0 Å². The molecule has 4 unspecified atom stereocenters. The third kappa shape index (κ3) is 1.84. The molecule has 120 valence electrons. The average Bonchev–Trinajstić information content (AvgIpc) is 3.22. The summed E-state index contributed by atoms with van der Waals surface area (Å²) in [5.41, 5.74) is 1.06. The number of hydrogen-bond donors (Lipinski definition) is 0. The van der Waals surface area contributed by atoms with E-state index >= 15 is 0 Å². The lowest BCUT2D eigenvalue weighted by molar-refractivity contribution is 0.0658. The molecule has 0 saturated heterocycles. The molecule has 3 aliphatic rings. The molecule has 0 amide bonds. The highest BCUT2D eigenvalue weighted by Gasteiger charge is 2.57. The van der Waals surface area contributed by atoms with Crippen LogP contribution in [0.2, 0.25) is 0 Å². The molecule has 5 rings (SSSR count). The van der Waals surface area contributed by atoms with Gasteiger partial charge in [0, 0.05) is 17.4 Å². The number of Topliss-reactive ketones (excluding diaryl/α,β-unsaturated/α-hetero) is 2. The minimum absolute atomic E-state index is 0.0873. The van der Waals surface area contributed by atoms with E-state index < -0.39 is 0 Å². The molecular formula is C21H18O3. The van der Waals surface area contributed by atoms with Gasteiger partial charge in [-0.1, -0.05) is 30.3 Å². The van der Waals surface area contributed by atoms with Crippen molar-refractivity contribution in [3.8, 4) is 11.5 Å². The first-order valence-corrected chi connectivity index (χ1v) is 8.68. The zero-order chi connectivity index (χ0) is 16.3. The molecule has 2 aromatic rings. The van der Waals surface area contributed by atoms with Crippen molar-refractivity contribution in [2.45, 2.75) is 19.3 Å². The maximum Gasteiger partial charge on any atom is 0.171 e. The summed E-state index contributed by atoms with van der Waals surface area (Å²) >= 11 is 0. The zero-order valence-corrected chi connectivity index (χ0v) is 13.3. The lowest BCUT2D eigenvalue weighted by atomic mass is 9.67. The summed E-state index contributed by atoms with van der Waals surface area (Å²) in [4.78, 5) is 26.2. The van der Waals surface area contributed by atoms with Gasteiger partial charge in [-0.3, -0.25) is 9.59 Å². The fraction of sp³-hybridized carbons (Fsp3) is 0.333. The number of para-hydroxylation sites is 1. The lowest BCUT2D eigenvalue weighted by Gasteiger charge is -2.34. The quantitative estimate of drug-likeness (QED) is 0.817. The Bertz CT molecular complexity index is 839. The highest BCUT2D eigenvalue weighted by atomic mass is 16.5. The van der Waals surface area contributed by atoms with Gasteiger partial charge < -0.3 is 4.74 Å². The van der Waals surface area contributed by atoms with E-state index in [9.17, 15) is 9.59 Å². The maximum atomic E-state index is 13.2. The van der Waals surface area contributed by atoms with Crippen molar-refractivity contribution in [3.05, 3.63) is 59.7 Å². The molecule has 0 heterocycles. The van der Waals surface area contributed by atoms with Crippen LogP contribution in [-0.4, -0.2) is 11.6 Å². The van der Waals surface area contributed by atoms with Crippen LogP contribution in [0.3, 0.4) is 0 Å². The molecule has 0 spiro atoms. The van der Waals surface area contributed by atoms with Gasteiger partial charge in [-0.15, -0.1) is 0 Å². The van der Waals surface area contributed by atoms with Crippen LogP contribution in [0.4, 0.5) is 0 Å². The van der Waals surface area contributed by atoms with Gasteiger partial charge in [-0.05, 0) is 49.3 Å². The Morgan fingerprint density at radius 1 is 0.792 bits per heavy atom. The monoisotopic (exact) mass is 318 g/mol. The van der Waals surface area contributed by atoms with Crippen molar-refractivity contribution in [1.29, 1.82) is 0 Å². The molecule has 0 N–H and O–H groups in total. The third-order valence-corrected chi connectivity index (χ3v) is 6.03. The Morgan fingerprint density at radius 2 is 1.50 bits per heavy atom. The fourth-order valence-corrected chi connectivity index (χ4v) is 5.08.